The Balaban J connectivity index is 2.72. The zero-order valence-corrected chi connectivity index (χ0v) is 11.8. The van der Waals surface area contributed by atoms with Crippen LogP contribution in [0.25, 0.3) is 11.0 Å². The van der Waals surface area contributed by atoms with Crippen molar-refractivity contribution in [1.82, 2.24) is 9.55 Å². The van der Waals surface area contributed by atoms with Crippen LogP contribution in [0.4, 0.5) is 0 Å². The topological polar surface area (TPSA) is 101 Å². The number of fused-ring (bicyclic) bond motifs is 1. The van der Waals surface area contributed by atoms with E-state index in [1.807, 2.05) is 0 Å². The molecule has 21 heavy (non-hydrogen) atoms. The first-order valence-electron chi connectivity index (χ1n) is 6.46. The van der Waals surface area contributed by atoms with Crippen molar-refractivity contribution < 1.29 is 14.6 Å². The van der Waals surface area contributed by atoms with E-state index in [9.17, 15) is 14.4 Å². The number of nitrogens with zero attached hydrogens (tertiary/aromatic N) is 1. The smallest absolute Gasteiger partial charge is 0.335 e. The number of carbonyl (C=O) groups is 1. The van der Waals surface area contributed by atoms with Crippen LogP contribution in [0, 0.1) is 0 Å². The standard InChI is InChI=1S/C14H16N2O5/c1-8(5-6-21-2)16-11-7-9(14(19)20)3-4-10(11)15-12(17)13(16)18/h3-4,7-8H,5-6H2,1-2H3,(H,15,17)(H,19,20). The molecule has 0 aliphatic rings. The maximum absolute atomic E-state index is 12.1. The molecular formula is C14H16N2O5. The van der Waals surface area contributed by atoms with Crippen LogP contribution in [-0.4, -0.2) is 34.3 Å². The Morgan fingerprint density at radius 2 is 2.14 bits per heavy atom. The highest BCUT2D eigenvalue weighted by Crippen LogP contribution is 2.17. The lowest BCUT2D eigenvalue weighted by Gasteiger charge is -2.17. The molecule has 1 atom stereocenters. The summed E-state index contributed by atoms with van der Waals surface area (Å²) in [4.78, 5) is 37.3. The summed E-state index contributed by atoms with van der Waals surface area (Å²) in [6.45, 7) is 2.22. The van der Waals surface area contributed by atoms with Gasteiger partial charge in [-0.25, -0.2) is 4.79 Å². The first-order valence-corrected chi connectivity index (χ1v) is 6.46. The Morgan fingerprint density at radius 1 is 1.43 bits per heavy atom. The van der Waals surface area contributed by atoms with Crippen LogP contribution in [-0.2, 0) is 4.74 Å². The van der Waals surface area contributed by atoms with E-state index in [1.165, 1.54) is 22.8 Å². The highest BCUT2D eigenvalue weighted by Gasteiger charge is 2.15. The molecule has 7 heteroatoms. The Hall–Kier alpha value is -2.41. The molecule has 0 fully saturated rings. The molecule has 1 unspecified atom stereocenters. The first-order chi connectivity index (χ1) is 9.95. The second kappa shape index (κ2) is 5.92. The normalized spacial score (nSPS) is 12.5. The molecule has 112 valence electrons. The second-order valence-corrected chi connectivity index (χ2v) is 4.80. The van der Waals surface area contributed by atoms with E-state index >= 15 is 0 Å². The average molecular weight is 292 g/mol. The minimum atomic E-state index is -1.09. The van der Waals surface area contributed by atoms with E-state index in [-0.39, 0.29) is 11.6 Å². The molecule has 2 aromatic rings. The largest absolute Gasteiger partial charge is 0.478 e. The van der Waals surface area contributed by atoms with Crippen molar-refractivity contribution >= 4 is 17.0 Å². The Bertz CT molecular complexity index is 790. The summed E-state index contributed by atoms with van der Waals surface area (Å²) in [5, 5.41) is 9.06. The minimum Gasteiger partial charge on any atom is -0.478 e. The summed E-state index contributed by atoms with van der Waals surface area (Å²) in [7, 11) is 1.55. The molecule has 0 aliphatic heterocycles. The number of hydrogen-bond donors (Lipinski definition) is 2. The summed E-state index contributed by atoms with van der Waals surface area (Å²) < 4.78 is 6.30. The van der Waals surface area contributed by atoms with Gasteiger partial charge in [0.05, 0.1) is 16.6 Å². The highest BCUT2D eigenvalue weighted by atomic mass is 16.5. The number of benzene rings is 1. The molecule has 0 amide bonds. The van der Waals surface area contributed by atoms with Gasteiger partial charge in [0.15, 0.2) is 0 Å². The van der Waals surface area contributed by atoms with Crippen LogP contribution in [0.15, 0.2) is 27.8 Å². The molecule has 1 heterocycles. The first kappa shape index (κ1) is 15.0. The zero-order valence-electron chi connectivity index (χ0n) is 11.8. The van der Waals surface area contributed by atoms with Gasteiger partial charge in [0.25, 0.3) is 0 Å². The van der Waals surface area contributed by atoms with Crippen molar-refractivity contribution in [3.63, 3.8) is 0 Å². The molecule has 0 bridgehead atoms. The molecule has 0 radical (unpaired) electrons. The van der Waals surface area contributed by atoms with Gasteiger partial charge in [0.1, 0.15) is 0 Å². The number of ether oxygens (including phenoxy) is 1. The van der Waals surface area contributed by atoms with Crippen LogP contribution in [0.1, 0.15) is 29.7 Å². The van der Waals surface area contributed by atoms with Crippen LogP contribution < -0.4 is 11.1 Å². The SMILES string of the molecule is COCCC(C)n1c(=O)c(=O)[nH]c2ccc(C(=O)O)cc21. The summed E-state index contributed by atoms with van der Waals surface area (Å²) >= 11 is 0. The lowest BCUT2D eigenvalue weighted by molar-refractivity contribution is 0.0697. The molecule has 0 aliphatic carbocycles. The van der Waals surface area contributed by atoms with Gasteiger partial charge in [-0.3, -0.25) is 14.2 Å². The number of carboxylic acid groups (broad SMARTS) is 1. The molecule has 0 spiro atoms. The van der Waals surface area contributed by atoms with Crippen molar-refractivity contribution in [3.8, 4) is 0 Å². The number of aromatic carboxylic acids is 1. The summed E-state index contributed by atoms with van der Waals surface area (Å²) in [5.41, 5.74) is -0.554. The van der Waals surface area contributed by atoms with E-state index in [0.29, 0.717) is 24.1 Å². The molecule has 0 saturated carbocycles. The van der Waals surface area contributed by atoms with Crippen LogP contribution in [0.2, 0.25) is 0 Å². The fourth-order valence-electron chi connectivity index (χ4n) is 2.22. The minimum absolute atomic E-state index is 0.0571. The fraction of sp³-hybridized carbons (Fsp3) is 0.357. The van der Waals surface area contributed by atoms with E-state index in [4.69, 9.17) is 9.84 Å². The molecule has 1 aromatic heterocycles. The highest BCUT2D eigenvalue weighted by molar-refractivity contribution is 5.92. The Labute approximate surface area is 119 Å². The monoisotopic (exact) mass is 292 g/mol. The van der Waals surface area contributed by atoms with Gasteiger partial charge in [-0.1, -0.05) is 0 Å². The number of aromatic nitrogens is 2. The van der Waals surface area contributed by atoms with Gasteiger partial charge in [0, 0.05) is 19.8 Å². The molecule has 2 rings (SSSR count). The molecule has 2 N–H and O–H groups in total. The number of H-pyrrole nitrogens is 1. The van der Waals surface area contributed by atoms with Crippen LogP contribution in [0.3, 0.4) is 0 Å². The average Bonchev–Trinajstić information content (AvgIpc) is 2.45. The van der Waals surface area contributed by atoms with E-state index in [0.717, 1.165) is 0 Å². The number of hydrogen-bond acceptors (Lipinski definition) is 4. The van der Waals surface area contributed by atoms with Crippen molar-refractivity contribution in [3.05, 3.63) is 44.5 Å². The second-order valence-electron chi connectivity index (χ2n) is 4.80. The van der Waals surface area contributed by atoms with Gasteiger partial charge in [-0.2, -0.15) is 0 Å². The van der Waals surface area contributed by atoms with Gasteiger partial charge < -0.3 is 14.8 Å². The Kier molecular flexibility index (Phi) is 4.23. The molecule has 0 saturated heterocycles. The Morgan fingerprint density at radius 3 is 2.76 bits per heavy atom. The zero-order chi connectivity index (χ0) is 15.6. The molecule has 7 nitrogen and oxygen atoms in total. The van der Waals surface area contributed by atoms with Crippen molar-refractivity contribution in [2.24, 2.45) is 0 Å². The number of methoxy groups -OCH3 is 1. The lowest BCUT2D eigenvalue weighted by Crippen LogP contribution is -2.38. The predicted octanol–water partition coefficient (Wildman–Crippen LogP) is 0.986. The fourth-order valence-corrected chi connectivity index (χ4v) is 2.22. The van der Waals surface area contributed by atoms with Crippen molar-refractivity contribution in [2.45, 2.75) is 19.4 Å². The van der Waals surface area contributed by atoms with Gasteiger partial charge in [-0.05, 0) is 31.5 Å². The van der Waals surface area contributed by atoms with E-state index in [2.05, 4.69) is 4.98 Å². The number of nitrogens with one attached hydrogen (secondary N) is 1. The quantitative estimate of drug-likeness (QED) is 0.800. The third-order valence-electron chi connectivity index (χ3n) is 3.35. The number of rotatable bonds is 5. The van der Waals surface area contributed by atoms with E-state index in [1.54, 1.807) is 14.0 Å². The van der Waals surface area contributed by atoms with Crippen molar-refractivity contribution in [1.29, 1.82) is 0 Å². The van der Waals surface area contributed by atoms with Gasteiger partial charge in [-0.15, -0.1) is 0 Å². The van der Waals surface area contributed by atoms with Gasteiger partial charge >= 0.3 is 17.1 Å². The maximum Gasteiger partial charge on any atom is 0.335 e. The van der Waals surface area contributed by atoms with Crippen molar-refractivity contribution in [2.75, 3.05) is 13.7 Å². The van der Waals surface area contributed by atoms with Crippen LogP contribution >= 0.6 is 0 Å². The summed E-state index contributed by atoms with van der Waals surface area (Å²) in [5.74, 6) is -1.09. The summed E-state index contributed by atoms with van der Waals surface area (Å²) in [6.07, 6.45) is 0.534. The third kappa shape index (κ3) is 2.87. The van der Waals surface area contributed by atoms with E-state index < -0.39 is 17.1 Å². The number of carboxylic acids is 1. The predicted molar refractivity (Wildman–Crippen MR) is 77.0 cm³/mol. The van der Waals surface area contributed by atoms with Gasteiger partial charge in [0.2, 0.25) is 0 Å². The lowest BCUT2D eigenvalue weighted by atomic mass is 10.1. The maximum atomic E-state index is 12.1. The number of aromatic amines is 1. The third-order valence-corrected chi connectivity index (χ3v) is 3.35. The molecule has 1 aromatic carbocycles. The molecular weight excluding hydrogens is 276 g/mol. The summed E-state index contributed by atoms with van der Waals surface area (Å²) in [6, 6.07) is 3.97. The van der Waals surface area contributed by atoms with Crippen LogP contribution in [0.5, 0.6) is 0 Å².